The maximum absolute atomic E-state index is 11.0. The fourth-order valence-electron chi connectivity index (χ4n) is 2.13. The molecule has 0 unspecified atom stereocenters. The van der Waals surface area contributed by atoms with Gasteiger partial charge < -0.3 is 15.3 Å². The van der Waals surface area contributed by atoms with E-state index in [0.717, 1.165) is 32.5 Å². The third-order valence-corrected chi connectivity index (χ3v) is 3.34. The molecule has 0 saturated carbocycles. The smallest absolute Gasteiger partial charge is 0.341 e. The number of rotatable bonds is 4. The highest BCUT2D eigenvalue weighted by atomic mass is 16.4. The second-order valence-corrected chi connectivity index (χ2v) is 4.72. The zero-order valence-electron chi connectivity index (χ0n) is 10.5. The highest BCUT2D eigenvalue weighted by Gasteiger charge is 2.18. The number of likely N-dealkylation sites (tertiary alicyclic amines) is 1. The van der Waals surface area contributed by atoms with Crippen molar-refractivity contribution < 1.29 is 9.90 Å². The molecule has 1 aromatic rings. The molecule has 2 heterocycles. The molecule has 98 valence electrons. The monoisotopic (exact) mass is 250 g/mol. The van der Waals surface area contributed by atoms with Gasteiger partial charge in [-0.2, -0.15) is 0 Å². The van der Waals surface area contributed by atoms with E-state index >= 15 is 0 Å². The van der Waals surface area contributed by atoms with Crippen molar-refractivity contribution in [3.63, 3.8) is 0 Å². The lowest BCUT2D eigenvalue weighted by Crippen LogP contribution is -2.33. The van der Waals surface area contributed by atoms with Crippen molar-refractivity contribution in [2.24, 2.45) is 5.92 Å². The Bertz CT molecular complexity index is 416. The Morgan fingerprint density at radius 3 is 2.94 bits per heavy atom. The van der Waals surface area contributed by atoms with Gasteiger partial charge in [-0.25, -0.2) is 14.8 Å². The standard InChI is InChI=1S/C12H18N4O2/c1-16-4-2-9(3-5-16)6-14-11-10(12(17)18)7-13-8-15-11/h7-9H,2-6H2,1H3,(H,17,18)(H,13,14,15). The summed E-state index contributed by atoms with van der Waals surface area (Å²) in [5.74, 6) is -0.00397. The minimum atomic E-state index is -0.999. The van der Waals surface area contributed by atoms with Crippen LogP contribution in [0.2, 0.25) is 0 Å². The fraction of sp³-hybridized carbons (Fsp3) is 0.583. The molecule has 0 bridgehead atoms. The maximum atomic E-state index is 11.0. The SMILES string of the molecule is CN1CCC(CNc2ncncc2C(=O)O)CC1. The molecule has 1 aromatic heterocycles. The lowest BCUT2D eigenvalue weighted by atomic mass is 9.97. The van der Waals surface area contributed by atoms with Gasteiger partial charge in [0.15, 0.2) is 0 Å². The number of carbonyl (C=O) groups is 1. The van der Waals surface area contributed by atoms with Crippen LogP contribution in [0.1, 0.15) is 23.2 Å². The number of aromatic nitrogens is 2. The third-order valence-electron chi connectivity index (χ3n) is 3.34. The first-order chi connectivity index (χ1) is 8.66. The van der Waals surface area contributed by atoms with Gasteiger partial charge in [0, 0.05) is 12.7 Å². The number of carboxylic acids is 1. The van der Waals surface area contributed by atoms with Crippen molar-refractivity contribution in [3.05, 3.63) is 18.1 Å². The van der Waals surface area contributed by atoms with Gasteiger partial charge >= 0.3 is 5.97 Å². The van der Waals surface area contributed by atoms with E-state index in [1.165, 1.54) is 12.5 Å². The number of piperidine rings is 1. The molecule has 0 aliphatic carbocycles. The van der Waals surface area contributed by atoms with Gasteiger partial charge in [-0.3, -0.25) is 0 Å². The Morgan fingerprint density at radius 1 is 1.56 bits per heavy atom. The number of aromatic carboxylic acids is 1. The zero-order valence-corrected chi connectivity index (χ0v) is 10.5. The first-order valence-electron chi connectivity index (χ1n) is 6.12. The Morgan fingerprint density at radius 2 is 2.28 bits per heavy atom. The quantitative estimate of drug-likeness (QED) is 0.827. The van der Waals surface area contributed by atoms with Crippen LogP contribution in [0.25, 0.3) is 0 Å². The molecule has 0 radical (unpaired) electrons. The van der Waals surface area contributed by atoms with Crippen LogP contribution in [0.15, 0.2) is 12.5 Å². The van der Waals surface area contributed by atoms with Crippen molar-refractivity contribution in [2.75, 3.05) is 32.0 Å². The zero-order chi connectivity index (χ0) is 13.0. The summed E-state index contributed by atoms with van der Waals surface area (Å²) < 4.78 is 0. The number of nitrogens with zero attached hydrogens (tertiary/aromatic N) is 3. The number of carboxylic acid groups (broad SMARTS) is 1. The van der Waals surface area contributed by atoms with E-state index in [1.807, 2.05) is 0 Å². The molecule has 0 spiro atoms. The largest absolute Gasteiger partial charge is 0.477 e. The summed E-state index contributed by atoms with van der Waals surface area (Å²) in [6.45, 7) is 2.97. The van der Waals surface area contributed by atoms with Gasteiger partial charge in [0.1, 0.15) is 17.7 Å². The van der Waals surface area contributed by atoms with Crippen molar-refractivity contribution in [2.45, 2.75) is 12.8 Å². The third kappa shape index (κ3) is 3.16. The Hall–Kier alpha value is -1.69. The minimum Gasteiger partial charge on any atom is -0.477 e. The molecule has 0 atom stereocenters. The van der Waals surface area contributed by atoms with Gasteiger partial charge in [-0.05, 0) is 38.9 Å². The molecule has 1 fully saturated rings. The molecule has 0 aromatic carbocycles. The molecular formula is C12H18N4O2. The van der Waals surface area contributed by atoms with Crippen LogP contribution in [0.4, 0.5) is 5.82 Å². The van der Waals surface area contributed by atoms with Gasteiger partial charge in [-0.1, -0.05) is 0 Å². The van der Waals surface area contributed by atoms with Gasteiger partial charge in [-0.15, -0.1) is 0 Å². The highest BCUT2D eigenvalue weighted by Crippen LogP contribution is 2.17. The Labute approximate surface area is 106 Å². The van der Waals surface area contributed by atoms with E-state index in [9.17, 15) is 4.79 Å². The minimum absolute atomic E-state index is 0.130. The lowest BCUT2D eigenvalue weighted by Gasteiger charge is -2.29. The van der Waals surface area contributed by atoms with E-state index in [0.29, 0.717) is 11.7 Å². The first-order valence-corrected chi connectivity index (χ1v) is 6.12. The number of hydrogen-bond donors (Lipinski definition) is 2. The van der Waals surface area contributed by atoms with E-state index in [4.69, 9.17) is 5.11 Å². The van der Waals surface area contributed by atoms with Crippen molar-refractivity contribution in [1.82, 2.24) is 14.9 Å². The van der Waals surface area contributed by atoms with Gasteiger partial charge in [0.25, 0.3) is 0 Å². The summed E-state index contributed by atoms with van der Waals surface area (Å²) in [4.78, 5) is 21.0. The molecule has 6 heteroatoms. The lowest BCUT2D eigenvalue weighted by molar-refractivity contribution is 0.0697. The predicted molar refractivity (Wildman–Crippen MR) is 67.7 cm³/mol. The number of nitrogens with one attached hydrogen (secondary N) is 1. The van der Waals surface area contributed by atoms with Gasteiger partial charge in [0.05, 0.1) is 0 Å². The topological polar surface area (TPSA) is 78.3 Å². The summed E-state index contributed by atoms with van der Waals surface area (Å²) in [5.41, 5.74) is 0.130. The average Bonchev–Trinajstić information content (AvgIpc) is 2.38. The summed E-state index contributed by atoms with van der Waals surface area (Å²) in [6.07, 6.45) is 4.96. The highest BCUT2D eigenvalue weighted by molar-refractivity contribution is 5.92. The van der Waals surface area contributed by atoms with Crippen molar-refractivity contribution in [3.8, 4) is 0 Å². The van der Waals surface area contributed by atoms with Crippen LogP contribution in [-0.2, 0) is 0 Å². The van der Waals surface area contributed by atoms with Crippen LogP contribution in [-0.4, -0.2) is 52.6 Å². The maximum Gasteiger partial charge on any atom is 0.341 e. The first kappa shape index (κ1) is 12.8. The average molecular weight is 250 g/mol. The molecule has 6 nitrogen and oxygen atoms in total. The molecule has 1 saturated heterocycles. The Kier molecular flexibility index (Phi) is 4.09. The van der Waals surface area contributed by atoms with E-state index in [2.05, 4.69) is 27.2 Å². The molecule has 2 rings (SSSR count). The van der Waals surface area contributed by atoms with E-state index < -0.39 is 5.97 Å². The summed E-state index contributed by atoms with van der Waals surface area (Å²) in [5, 5.41) is 12.1. The van der Waals surface area contributed by atoms with E-state index in [-0.39, 0.29) is 5.56 Å². The van der Waals surface area contributed by atoms with Gasteiger partial charge in [0.2, 0.25) is 0 Å². The number of hydrogen-bond acceptors (Lipinski definition) is 5. The molecule has 2 N–H and O–H groups in total. The number of anilines is 1. The fourth-order valence-corrected chi connectivity index (χ4v) is 2.13. The molecular weight excluding hydrogens is 232 g/mol. The van der Waals surface area contributed by atoms with Crippen LogP contribution in [0.3, 0.4) is 0 Å². The van der Waals surface area contributed by atoms with E-state index in [1.54, 1.807) is 0 Å². The Balaban J connectivity index is 1.92. The van der Waals surface area contributed by atoms with Crippen LogP contribution < -0.4 is 5.32 Å². The molecule has 0 amide bonds. The summed E-state index contributed by atoms with van der Waals surface area (Å²) in [6, 6.07) is 0. The summed E-state index contributed by atoms with van der Waals surface area (Å²) >= 11 is 0. The predicted octanol–water partition coefficient (Wildman–Crippen LogP) is 0.928. The molecule has 1 aliphatic heterocycles. The second-order valence-electron chi connectivity index (χ2n) is 4.72. The van der Waals surface area contributed by atoms with Crippen molar-refractivity contribution >= 4 is 11.8 Å². The van der Waals surface area contributed by atoms with Crippen LogP contribution in [0, 0.1) is 5.92 Å². The van der Waals surface area contributed by atoms with Crippen molar-refractivity contribution in [1.29, 1.82) is 0 Å². The second kappa shape index (κ2) is 5.77. The normalized spacial score (nSPS) is 17.6. The molecule has 18 heavy (non-hydrogen) atoms. The summed E-state index contributed by atoms with van der Waals surface area (Å²) in [7, 11) is 2.12. The molecule has 1 aliphatic rings. The van der Waals surface area contributed by atoms with Crippen LogP contribution >= 0.6 is 0 Å². The van der Waals surface area contributed by atoms with Crippen LogP contribution in [0.5, 0.6) is 0 Å².